The number of halogens is 2. The third kappa shape index (κ3) is 3.51. The van der Waals surface area contributed by atoms with Gasteiger partial charge in [0.05, 0.1) is 6.61 Å². The highest BCUT2D eigenvalue weighted by atomic mass is 32.2. The van der Waals surface area contributed by atoms with Gasteiger partial charge in [-0.15, -0.1) is 0 Å². The summed E-state index contributed by atoms with van der Waals surface area (Å²) in [6.07, 6.45) is -0.431. The molecule has 0 spiro atoms. The first-order valence-electron chi connectivity index (χ1n) is 5.32. The molecule has 0 radical (unpaired) electrons. The predicted octanol–water partition coefficient (Wildman–Crippen LogP) is 2.21. The van der Waals surface area contributed by atoms with Gasteiger partial charge in [0, 0.05) is 24.0 Å². The monoisotopic (exact) mass is 258 g/mol. The first-order valence-corrected chi connectivity index (χ1v) is 6.47. The highest BCUT2D eigenvalue weighted by Gasteiger charge is 2.22. The Morgan fingerprint density at radius 3 is 2.65 bits per heavy atom. The van der Waals surface area contributed by atoms with E-state index in [9.17, 15) is 13.6 Å². The van der Waals surface area contributed by atoms with E-state index in [0.717, 1.165) is 11.8 Å². The number of hydrogen-bond donors (Lipinski definition) is 0. The summed E-state index contributed by atoms with van der Waals surface area (Å²) in [5.41, 5.74) is 0.353. The minimum absolute atomic E-state index is 0.0138. The minimum Gasteiger partial charge on any atom is -0.369 e. The summed E-state index contributed by atoms with van der Waals surface area (Å²) in [6, 6.07) is 3.15. The van der Waals surface area contributed by atoms with E-state index in [1.54, 1.807) is 11.8 Å². The molecule has 0 N–H and O–H groups in total. The molecule has 1 unspecified atom stereocenters. The van der Waals surface area contributed by atoms with Gasteiger partial charge in [-0.05, 0) is 17.7 Å². The third-order valence-corrected chi connectivity index (χ3v) is 3.47. The van der Waals surface area contributed by atoms with Gasteiger partial charge in [0.15, 0.2) is 5.78 Å². The second kappa shape index (κ2) is 5.60. The van der Waals surface area contributed by atoms with Crippen molar-refractivity contribution in [2.45, 2.75) is 12.5 Å². The Morgan fingerprint density at radius 2 is 2.06 bits per heavy atom. The summed E-state index contributed by atoms with van der Waals surface area (Å²) < 4.78 is 31.2. The summed E-state index contributed by atoms with van der Waals surface area (Å²) >= 11 is 1.65. The molecule has 1 saturated heterocycles. The molecule has 1 aliphatic rings. The van der Waals surface area contributed by atoms with Crippen LogP contribution in [0.5, 0.6) is 0 Å². The van der Waals surface area contributed by atoms with Crippen molar-refractivity contribution >= 4 is 17.5 Å². The van der Waals surface area contributed by atoms with Crippen LogP contribution in [0.15, 0.2) is 18.2 Å². The summed E-state index contributed by atoms with van der Waals surface area (Å²) in [6.45, 7) is 0.554. The zero-order valence-electron chi connectivity index (χ0n) is 9.12. The van der Waals surface area contributed by atoms with Gasteiger partial charge < -0.3 is 4.74 Å². The van der Waals surface area contributed by atoms with Crippen molar-refractivity contribution in [1.29, 1.82) is 0 Å². The van der Waals surface area contributed by atoms with Crippen molar-refractivity contribution in [1.82, 2.24) is 0 Å². The van der Waals surface area contributed by atoms with Crippen LogP contribution in [0, 0.1) is 11.6 Å². The quantitative estimate of drug-likeness (QED) is 0.831. The molecule has 1 atom stereocenters. The maximum atomic E-state index is 12.9. The van der Waals surface area contributed by atoms with Crippen LogP contribution >= 0.6 is 11.8 Å². The first kappa shape index (κ1) is 12.5. The normalized spacial score (nSPS) is 20.2. The molecule has 1 aromatic carbocycles. The average Bonchev–Trinajstić information content (AvgIpc) is 2.28. The van der Waals surface area contributed by atoms with Gasteiger partial charge in [-0.1, -0.05) is 0 Å². The SMILES string of the molecule is O=C(Cc1cc(F)cc(F)c1)C1CSCCO1. The molecule has 2 rings (SSSR count). The second-order valence-corrected chi connectivity index (χ2v) is 5.00. The van der Waals surface area contributed by atoms with E-state index >= 15 is 0 Å². The maximum Gasteiger partial charge on any atom is 0.166 e. The van der Waals surface area contributed by atoms with Gasteiger partial charge >= 0.3 is 0 Å². The Kier molecular flexibility index (Phi) is 4.12. The summed E-state index contributed by atoms with van der Waals surface area (Å²) in [5, 5.41) is 0. The van der Waals surface area contributed by atoms with Crippen molar-refractivity contribution in [3.05, 3.63) is 35.4 Å². The van der Waals surface area contributed by atoms with Gasteiger partial charge in [0.1, 0.15) is 17.7 Å². The Labute approximate surface area is 102 Å². The number of rotatable bonds is 3. The zero-order chi connectivity index (χ0) is 12.3. The molecule has 17 heavy (non-hydrogen) atoms. The van der Waals surface area contributed by atoms with Gasteiger partial charge in [0.2, 0.25) is 0 Å². The standard InChI is InChI=1S/C12H12F2O2S/c13-9-3-8(4-10(14)6-9)5-11(15)12-7-17-2-1-16-12/h3-4,6,12H,1-2,5,7H2. The van der Waals surface area contributed by atoms with Crippen molar-refractivity contribution in [2.24, 2.45) is 0 Å². The lowest BCUT2D eigenvalue weighted by Crippen LogP contribution is -2.32. The zero-order valence-corrected chi connectivity index (χ0v) is 9.93. The Morgan fingerprint density at radius 1 is 1.35 bits per heavy atom. The fourth-order valence-electron chi connectivity index (χ4n) is 1.70. The van der Waals surface area contributed by atoms with E-state index in [0.29, 0.717) is 17.9 Å². The summed E-state index contributed by atoms with van der Waals surface area (Å²) in [4.78, 5) is 11.8. The largest absolute Gasteiger partial charge is 0.369 e. The van der Waals surface area contributed by atoms with Crippen LogP contribution in [0.2, 0.25) is 0 Å². The van der Waals surface area contributed by atoms with E-state index in [1.807, 2.05) is 0 Å². The Balaban J connectivity index is 2.01. The van der Waals surface area contributed by atoms with Crippen LogP contribution in [0.4, 0.5) is 8.78 Å². The fourth-order valence-corrected chi connectivity index (χ4v) is 2.58. The van der Waals surface area contributed by atoms with Crippen molar-refractivity contribution in [3.63, 3.8) is 0 Å². The predicted molar refractivity (Wildman–Crippen MR) is 62.1 cm³/mol. The lowest BCUT2D eigenvalue weighted by atomic mass is 10.1. The molecule has 0 aromatic heterocycles. The second-order valence-electron chi connectivity index (χ2n) is 3.86. The first-order chi connectivity index (χ1) is 8.15. The van der Waals surface area contributed by atoms with E-state index in [4.69, 9.17) is 4.74 Å². The average molecular weight is 258 g/mol. The number of hydrogen-bond acceptors (Lipinski definition) is 3. The molecule has 0 saturated carbocycles. The van der Waals surface area contributed by atoms with Gasteiger partial charge in [-0.2, -0.15) is 11.8 Å². The lowest BCUT2D eigenvalue weighted by molar-refractivity contribution is -0.128. The van der Waals surface area contributed by atoms with E-state index in [1.165, 1.54) is 12.1 Å². The smallest absolute Gasteiger partial charge is 0.166 e. The summed E-state index contributed by atoms with van der Waals surface area (Å²) in [7, 11) is 0. The number of carbonyl (C=O) groups excluding carboxylic acids is 1. The number of carbonyl (C=O) groups is 1. The van der Waals surface area contributed by atoms with Gasteiger partial charge in [-0.25, -0.2) is 8.78 Å². The molecule has 1 aliphatic heterocycles. The molecular formula is C12H12F2O2S. The minimum atomic E-state index is -0.660. The van der Waals surface area contributed by atoms with Crippen LogP contribution in [0.3, 0.4) is 0 Å². The third-order valence-electron chi connectivity index (χ3n) is 2.48. The number of Topliss-reactive ketones (excluding diaryl/α,β-unsaturated/α-hetero) is 1. The lowest BCUT2D eigenvalue weighted by Gasteiger charge is -2.20. The van der Waals surface area contributed by atoms with E-state index in [2.05, 4.69) is 0 Å². The fraction of sp³-hybridized carbons (Fsp3) is 0.417. The highest BCUT2D eigenvalue weighted by molar-refractivity contribution is 7.99. The maximum absolute atomic E-state index is 12.9. The van der Waals surface area contributed by atoms with Crippen LogP contribution in [0.25, 0.3) is 0 Å². The number of thioether (sulfide) groups is 1. The number of benzene rings is 1. The Hall–Kier alpha value is -0.940. The Bertz CT molecular complexity index is 397. The van der Waals surface area contributed by atoms with Gasteiger partial charge in [-0.3, -0.25) is 4.79 Å². The molecule has 1 fully saturated rings. The molecule has 2 nitrogen and oxygen atoms in total. The molecule has 0 bridgehead atoms. The van der Waals surface area contributed by atoms with Crippen molar-refractivity contribution in [3.8, 4) is 0 Å². The van der Waals surface area contributed by atoms with Gasteiger partial charge in [0.25, 0.3) is 0 Å². The van der Waals surface area contributed by atoms with Crippen LogP contribution in [-0.2, 0) is 16.0 Å². The molecule has 92 valence electrons. The van der Waals surface area contributed by atoms with E-state index in [-0.39, 0.29) is 12.2 Å². The molecular weight excluding hydrogens is 246 g/mol. The van der Waals surface area contributed by atoms with Crippen LogP contribution < -0.4 is 0 Å². The highest BCUT2D eigenvalue weighted by Crippen LogP contribution is 2.16. The molecule has 0 aliphatic carbocycles. The number of ketones is 1. The molecule has 1 heterocycles. The van der Waals surface area contributed by atoms with Crippen LogP contribution in [-0.4, -0.2) is 30.0 Å². The number of ether oxygens (including phenoxy) is 1. The van der Waals surface area contributed by atoms with Crippen molar-refractivity contribution in [2.75, 3.05) is 18.1 Å². The van der Waals surface area contributed by atoms with Crippen molar-refractivity contribution < 1.29 is 18.3 Å². The van der Waals surface area contributed by atoms with E-state index < -0.39 is 17.7 Å². The summed E-state index contributed by atoms with van der Waals surface area (Å²) in [5.74, 6) is 0.0651. The molecule has 1 aromatic rings. The topological polar surface area (TPSA) is 26.3 Å². The molecule has 5 heteroatoms. The van der Waals surface area contributed by atoms with Crippen LogP contribution in [0.1, 0.15) is 5.56 Å². The molecule has 0 amide bonds.